The number of hydrogen-bond acceptors (Lipinski definition) is 3. The quantitative estimate of drug-likeness (QED) is 0.796. The number of aromatic nitrogens is 2. The zero-order valence-corrected chi connectivity index (χ0v) is 9.58. The Morgan fingerprint density at radius 3 is 3.29 bits per heavy atom. The van der Waals surface area contributed by atoms with Gasteiger partial charge >= 0.3 is 0 Å². The van der Waals surface area contributed by atoms with Gasteiger partial charge in [-0.2, -0.15) is 11.8 Å². The monoisotopic (exact) mass is 211 g/mol. The van der Waals surface area contributed by atoms with Crippen LogP contribution in [0.2, 0.25) is 0 Å². The minimum absolute atomic E-state index is 0.0800. The second-order valence-corrected chi connectivity index (χ2v) is 4.97. The Morgan fingerprint density at radius 1 is 1.64 bits per heavy atom. The second kappa shape index (κ2) is 3.95. The van der Waals surface area contributed by atoms with Crippen molar-refractivity contribution in [2.24, 2.45) is 0 Å². The average molecular weight is 211 g/mol. The van der Waals surface area contributed by atoms with Crippen molar-refractivity contribution in [3.8, 4) is 0 Å². The number of nitrogens with one attached hydrogen (secondary N) is 2. The van der Waals surface area contributed by atoms with Crippen molar-refractivity contribution in [2.45, 2.75) is 25.3 Å². The van der Waals surface area contributed by atoms with Gasteiger partial charge in [0.2, 0.25) is 0 Å². The van der Waals surface area contributed by atoms with Gasteiger partial charge in [0.25, 0.3) is 0 Å². The van der Waals surface area contributed by atoms with Crippen LogP contribution in [0.4, 0.5) is 0 Å². The molecule has 0 saturated heterocycles. The van der Waals surface area contributed by atoms with Crippen LogP contribution in [0.15, 0.2) is 6.33 Å². The first-order valence-electron chi connectivity index (χ1n) is 5.03. The van der Waals surface area contributed by atoms with Crippen LogP contribution in [0.5, 0.6) is 0 Å². The molecule has 1 aliphatic heterocycles. The Labute approximate surface area is 89.1 Å². The summed E-state index contributed by atoms with van der Waals surface area (Å²) in [6, 6.07) is 0. The van der Waals surface area contributed by atoms with Crippen LogP contribution in [-0.2, 0) is 12.0 Å². The van der Waals surface area contributed by atoms with Crippen LogP contribution >= 0.6 is 11.8 Å². The molecule has 0 amide bonds. The zero-order valence-electron chi connectivity index (χ0n) is 8.76. The molecule has 4 heteroatoms. The van der Waals surface area contributed by atoms with E-state index in [1.165, 1.54) is 17.1 Å². The number of H-pyrrole nitrogens is 1. The topological polar surface area (TPSA) is 40.7 Å². The standard InChI is InChI=1S/C10H17N3S/c1-10(4-6-14-2)9-8(3-5-13-10)11-7-12-9/h7,13H,3-6H2,1-2H3,(H,11,12). The number of nitrogens with zero attached hydrogens (tertiary/aromatic N) is 1. The number of thioether (sulfide) groups is 1. The van der Waals surface area contributed by atoms with Crippen LogP contribution in [0.1, 0.15) is 24.7 Å². The highest BCUT2D eigenvalue weighted by atomic mass is 32.2. The fourth-order valence-corrected chi connectivity index (χ4v) is 2.66. The molecule has 1 atom stereocenters. The molecular formula is C10H17N3S. The van der Waals surface area contributed by atoms with E-state index in [1.807, 2.05) is 18.1 Å². The number of aromatic amines is 1. The molecule has 1 aromatic rings. The lowest BCUT2D eigenvalue weighted by atomic mass is 9.89. The summed E-state index contributed by atoms with van der Waals surface area (Å²) in [7, 11) is 0. The minimum Gasteiger partial charge on any atom is -0.348 e. The van der Waals surface area contributed by atoms with Crippen molar-refractivity contribution in [2.75, 3.05) is 18.6 Å². The summed E-state index contributed by atoms with van der Waals surface area (Å²) in [5.74, 6) is 1.18. The molecule has 0 fully saturated rings. The highest BCUT2D eigenvalue weighted by Crippen LogP contribution is 2.29. The van der Waals surface area contributed by atoms with E-state index in [0.717, 1.165) is 19.4 Å². The largest absolute Gasteiger partial charge is 0.348 e. The Bertz CT molecular complexity index is 310. The number of hydrogen-bond donors (Lipinski definition) is 2. The maximum atomic E-state index is 4.44. The van der Waals surface area contributed by atoms with Gasteiger partial charge in [0.05, 0.1) is 17.6 Å². The Morgan fingerprint density at radius 2 is 2.50 bits per heavy atom. The molecule has 78 valence electrons. The van der Waals surface area contributed by atoms with Crippen molar-refractivity contribution in [1.29, 1.82) is 0 Å². The summed E-state index contributed by atoms with van der Waals surface area (Å²) < 4.78 is 0. The molecule has 0 aliphatic carbocycles. The molecule has 0 bridgehead atoms. The third-order valence-electron chi connectivity index (χ3n) is 2.94. The Kier molecular flexibility index (Phi) is 2.83. The fourth-order valence-electron chi connectivity index (χ4n) is 2.05. The first kappa shape index (κ1) is 10.1. The van der Waals surface area contributed by atoms with Crippen molar-refractivity contribution < 1.29 is 0 Å². The molecule has 1 aliphatic rings. The first-order valence-corrected chi connectivity index (χ1v) is 6.42. The lowest BCUT2D eigenvalue weighted by Crippen LogP contribution is -2.45. The molecule has 2 rings (SSSR count). The van der Waals surface area contributed by atoms with E-state index in [0.29, 0.717) is 0 Å². The Hall–Kier alpha value is -0.480. The molecule has 1 unspecified atom stereocenters. The van der Waals surface area contributed by atoms with E-state index in [2.05, 4.69) is 28.5 Å². The van der Waals surface area contributed by atoms with Crippen molar-refractivity contribution in [3.63, 3.8) is 0 Å². The summed E-state index contributed by atoms with van der Waals surface area (Å²) >= 11 is 1.89. The molecular weight excluding hydrogens is 194 g/mol. The third-order valence-corrected chi connectivity index (χ3v) is 3.55. The van der Waals surface area contributed by atoms with Crippen molar-refractivity contribution in [3.05, 3.63) is 17.7 Å². The predicted molar refractivity (Wildman–Crippen MR) is 60.6 cm³/mol. The van der Waals surface area contributed by atoms with Gasteiger partial charge in [0.1, 0.15) is 0 Å². The molecule has 2 heterocycles. The van der Waals surface area contributed by atoms with E-state index >= 15 is 0 Å². The first-order chi connectivity index (χ1) is 6.76. The van der Waals surface area contributed by atoms with Crippen LogP contribution in [0.3, 0.4) is 0 Å². The minimum atomic E-state index is 0.0800. The predicted octanol–water partition coefficient (Wildman–Crippen LogP) is 1.52. The van der Waals surface area contributed by atoms with E-state index < -0.39 is 0 Å². The summed E-state index contributed by atoms with van der Waals surface area (Å²) in [5.41, 5.74) is 2.61. The number of fused-ring (bicyclic) bond motifs is 1. The van der Waals surface area contributed by atoms with E-state index in [-0.39, 0.29) is 5.54 Å². The normalized spacial score (nSPS) is 26.1. The van der Waals surface area contributed by atoms with E-state index in [1.54, 1.807) is 0 Å². The number of rotatable bonds is 3. The van der Waals surface area contributed by atoms with Gasteiger partial charge in [-0.25, -0.2) is 4.98 Å². The Balaban J connectivity index is 2.21. The lowest BCUT2D eigenvalue weighted by molar-refractivity contribution is 0.329. The molecule has 0 radical (unpaired) electrons. The SMILES string of the molecule is CSCCC1(C)NCCc2[nH]cnc21. The maximum absolute atomic E-state index is 4.44. The molecule has 1 aromatic heterocycles. The van der Waals surface area contributed by atoms with Crippen molar-refractivity contribution >= 4 is 11.8 Å². The second-order valence-electron chi connectivity index (χ2n) is 3.98. The van der Waals surface area contributed by atoms with Gasteiger partial charge < -0.3 is 10.3 Å². The highest BCUT2D eigenvalue weighted by Gasteiger charge is 2.33. The van der Waals surface area contributed by atoms with Gasteiger partial charge in [0.15, 0.2) is 0 Å². The van der Waals surface area contributed by atoms with Gasteiger partial charge in [-0.05, 0) is 25.4 Å². The summed E-state index contributed by atoms with van der Waals surface area (Å²) in [6.07, 6.45) is 6.18. The zero-order chi connectivity index (χ0) is 10.0. The molecule has 3 nitrogen and oxygen atoms in total. The molecule has 14 heavy (non-hydrogen) atoms. The molecule has 0 aromatic carbocycles. The van der Waals surface area contributed by atoms with E-state index in [4.69, 9.17) is 0 Å². The summed E-state index contributed by atoms with van der Waals surface area (Å²) in [5, 5.41) is 3.58. The molecule has 0 spiro atoms. The van der Waals surface area contributed by atoms with Crippen LogP contribution in [0, 0.1) is 0 Å². The van der Waals surface area contributed by atoms with Crippen LogP contribution in [0.25, 0.3) is 0 Å². The van der Waals surface area contributed by atoms with Crippen molar-refractivity contribution in [1.82, 2.24) is 15.3 Å². The molecule has 0 saturated carbocycles. The fraction of sp³-hybridized carbons (Fsp3) is 0.700. The van der Waals surface area contributed by atoms with Gasteiger partial charge in [0, 0.05) is 18.7 Å². The van der Waals surface area contributed by atoms with E-state index in [9.17, 15) is 0 Å². The van der Waals surface area contributed by atoms with Crippen LogP contribution < -0.4 is 5.32 Å². The summed E-state index contributed by atoms with van der Waals surface area (Å²) in [6.45, 7) is 3.31. The van der Waals surface area contributed by atoms with Gasteiger partial charge in [-0.1, -0.05) is 0 Å². The molecule has 2 N–H and O–H groups in total. The highest BCUT2D eigenvalue weighted by molar-refractivity contribution is 7.98. The van der Waals surface area contributed by atoms with Crippen LogP contribution in [-0.4, -0.2) is 28.5 Å². The maximum Gasteiger partial charge on any atom is 0.0926 e. The summed E-state index contributed by atoms with van der Waals surface area (Å²) in [4.78, 5) is 7.67. The third kappa shape index (κ3) is 1.68. The van der Waals surface area contributed by atoms with Gasteiger partial charge in [-0.3, -0.25) is 0 Å². The van der Waals surface area contributed by atoms with Gasteiger partial charge in [-0.15, -0.1) is 0 Å². The average Bonchev–Trinajstić information content (AvgIpc) is 2.65. The smallest absolute Gasteiger partial charge is 0.0926 e. The number of imidazole rings is 1. The lowest BCUT2D eigenvalue weighted by Gasteiger charge is -2.33.